The van der Waals surface area contributed by atoms with Gasteiger partial charge in [0.15, 0.2) is 5.82 Å². The van der Waals surface area contributed by atoms with Crippen molar-refractivity contribution in [1.82, 2.24) is 10.3 Å². The van der Waals surface area contributed by atoms with Crippen LogP contribution in [0.5, 0.6) is 0 Å². The van der Waals surface area contributed by atoms with E-state index in [9.17, 15) is 4.79 Å². The van der Waals surface area contributed by atoms with Gasteiger partial charge in [-0.1, -0.05) is 5.16 Å². The summed E-state index contributed by atoms with van der Waals surface area (Å²) in [5.74, 6) is 2.59. The molecular weight excluding hydrogens is 254 g/mol. The molecule has 108 valence electrons. The summed E-state index contributed by atoms with van der Waals surface area (Å²) in [5.41, 5.74) is 6.16. The van der Waals surface area contributed by atoms with Gasteiger partial charge in [0.2, 0.25) is 0 Å². The summed E-state index contributed by atoms with van der Waals surface area (Å²) in [6.07, 6.45) is 7.26. The summed E-state index contributed by atoms with van der Waals surface area (Å²) >= 11 is 0. The Morgan fingerprint density at radius 1 is 1.20 bits per heavy atom. The predicted octanol–water partition coefficient (Wildman–Crippen LogP) is 2.54. The van der Waals surface area contributed by atoms with Crippen LogP contribution in [0.3, 0.4) is 0 Å². The van der Waals surface area contributed by atoms with E-state index in [1.54, 1.807) is 0 Å². The van der Waals surface area contributed by atoms with E-state index in [0.717, 1.165) is 37.0 Å². The Labute approximate surface area is 118 Å². The van der Waals surface area contributed by atoms with Crippen LogP contribution in [0.1, 0.15) is 57.1 Å². The lowest BCUT2D eigenvalue weighted by Gasteiger charge is -2.56. The first-order valence-electron chi connectivity index (χ1n) is 7.69. The number of nitrogens with two attached hydrogens (primary N) is 1. The quantitative estimate of drug-likeness (QED) is 0.916. The maximum absolute atomic E-state index is 13.1. The van der Waals surface area contributed by atoms with Gasteiger partial charge in [0.25, 0.3) is 0 Å². The van der Waals surface area contributed by atoms with Crippen molar-refractivity contribution in [2.45, 2.75) is 51.4 Å². The van der Waals surface area contributed by atoms with Gasteiger partial charge in [-0.2, -0.15) is 0 Å². The molecule has 0 radical (unpaired) electrons. The Morgan fingerprint density at radius 2 is 1.75 bits per heavy atom. The number of carbonyl (C=O) groups is 1. The molecule has 20 heavy (non-hydrogen) atoms. The third-order valence-electron chi connectivity index (χ3n) is 5.91. The lowest BCUT2D eigenvalue weighted by Crippen LogP contribution is -2.51. The van der Waals surface area contributed by atoms with Crippen LogP contribution in [-0.4, -0.2) is 16.1 Å². The van der Waals surface area contributed by atoms with Crippen LogP contribution in [0.2, 0.25) is 0 Å². The number of aromatic nitrogens is 2. The Kier molecular flexibility index (Phi) is 2.51. The molecule has 1 atom stereocenters. The highest BCUT2D eigenvalue weighted by atomic mass is 16.6. The van der Waals surface area contributed by atoms with E-state index in [-0.39, 0.29) is 17.2 Å². The van der Waals surface area contributed by atoms with Gasteiger partial charge in [0.1, 0.15) is 11.5 Å². The molecule has 5 heteroatoms. The third-order valence-corrected chi connectivity index (χ3v) is 5.91. The number of hydrogen-bond donors (Lipinski definition) is 1. The van der Waals surface area contributed by atoms with Gasteiger partial charge >= 0.3 is 0 Å². The summed E-state index contributed by atoms with van der Waals surface area (Å²) < 4.78 is 4.66. The second-order valence-corrected chi connectivity index (χ2v) is 7.32. The molecule has 5 nitrogen and oxygen atoms in total. The van der Waals surface area contributed by atoms with Crippen molar-refractivity contribution in [3.63, 3.8) is 0 Å². The number of nitrogen functional groups attached to an aromatic ring is 1. The molecule has 1 aromatic rings. The first-order chi connectivity index (χ1) is 9.57. The Bertz CT molecular complexity index is 516. The monoisotopic (exact) mass is 275 g/mol. The molecule has 1 unspecified atom stereocenters. The average Bonchev–Trinajstić information content (AvgIpc) is 2.81. The summed E-state index contributed by atoms with van der Waals surface area (Å²) in [6, 6.07) is 0. The summed E-state index contributed by atoms with van der Waals surface area (Å²) in [4.78, 5) is 13.1. The van der Waals surface area contributed by atoms with Gasteiger partial charge < -0.3 is 5.73 Å². The Morgan fingerprint density at radius 3 is 2.20 bits per heavy atom. The molecule has 0 saturated heterocycles. The normalized spacial score (nSPS) is 40.0. The largest absolute Gasteiger partial charge is 0.379 e. The number of nitrogens with zero attached hydrogens (tertiary/aromatic N) is 2. The topological polar surface area (TPSA) is 82.0 Å². The van der Waals surface area contributed by atoms with E-state index < -0.39 is 0 Å². The zero-order chi connectivity index (χ0) is 13.9. The summed E-state index contributed by atoms with van der Waals surface area (Å²) in [7, 11) is 0. The SMILES string of the molecule is CC(C(=O)C12CC3CC(CC(C3)C1)C2)c1nonc1N. The van der Waals surface area contributed by atoms with E-state index in [0.29, 0.717) is 11.5 Å². The molecule has 4 bridgehead atoms. The maximum Gasteiger partial charge on any atom is 0.192 e. The smallest absolute Gasteiger partial charge is 0.192 e. The standard InChI is InChI=1S/C15H21N3O2/c1-8(12-14(16)18-20-17-12)13(19)15-5-9-2-10(6-15)4-11(3-9)7-15/h8-11H,2-7H2,1H3,(H2,16,18). The highest BCUT2D eigenvalue weighted by Crippen LogP contribution is 2.61. The number of carbonyl (C=O) groups excluding carboxylic acids is 1. The molecule has 0 spiro atoms. The van der Waals surface area contributed by atoms with Crippen LogP contribution in [-0.2, 0) is 4.79 Å². The summed E-state index contributed by atoms with van der Waals surface area (Å²) in [5, 5.41) is 7.44. The summed E-state index contributed by atoms with van der Waals surface area (Å²) in [6.45, 7) is 1.90. The third kappa shape index (κ3) is 1.64. The average molecular weight is 275 g/mol. The lowest BCUT2D eigenvalue weighted by molar-refractivity contribution is -0.145. The van der Waals surface area contributed by atoms with E-state index in [2.05, 4.69) is 14.9 Å². The number of ketones is 1. The van der Waals surface area contributed by atoms with Gasteiger partial charge in [0, 0.05) is 5.41 Å². The number of anilines is 1. The molecule has 1 heterocycles. The second kappa shape index (κ2) is 4.06. The Hall–Kier alpha value is -1.39. The van der Waals surface area contributed by atoms with Gasteiger partial charge in [0.05, 0.1) is 5.92 Å². The maximum atomic E-state index is 13.1. The zero-order valence-electron chi connectivity index (χ0n) is 11.8. The van der Waals surface area contributed by atoms with Crippen molar-refractivity contribution < 1.29 is 9.42 Å². The Balaban J connectivity index is 1.64. The van der Waals surface area contributed by atoms with Crippen LogP contribution < -0.4 is 5.73 Å². The van der Waals surface area contributed by atoms with Gasteiger partial charge in [-0.25, -0.2) is 4.63 Å². The zero-order valence-corrected chi connectivity index (χ0v) is 11.8. The van der Waals surface area contributed by atoms with Gasteiger partial charge in [-0.05, 0) is 68.4 Å². The lowest BCUT2D eigenvalue weighted by atomic mass is 9.47. The molecule has 1 aromatic heterocycles. The fourth-order valence-electron chi connectivity index (χ4n) is 5.50. The van der Waals surface area contributed by atoms with E-state index in [1.807, 2.05) is 6.92 Å². The molecule has 0 aliphatic heterocycles. The van der Waals surface area contributed by atoms with Gasteiger partial charge in [-0.15, -0.1) is 0 Å². The van der Waals surface area contributed by atoms with Crippen LogP contribution in [0.15, 0.2) is 4.63 Å². The molecular formula is C15H21N3O2. The van der Waals surface area contributed by atoms with Crippen molar-refractivity contribution in [3.8, 4) is 0 Å². The second-order valence-electron chi connectivity index (χ2n) is 7.32. The first-order valence-corrected chi connectivity index (χ1v) is 7.69. The molecule has 4 aliphatic rings. The van der Waals surface area contributed by atoms with Crippen LogP contribution >= 0.6 is 0 Å². The van der Waals surface area contributed by atoms with Gasteiger partial charge in [-0.3, -0.25) is 4.79 Å². The number of Topliss-reactive ketones (excluding diaryl/α,β-unsaturated/α-hetero) is 1. The minimum atomic E-state index is -0.294. The minimum Gasteiger partial charge on any atom is -0.379 e. The van der Waals surface area contributed by atoms with Crippen molar-refractivity contribution in [3.05, 3.63) is 5.69 Å². The van der Waals surface area contributed by atoms with Crippen molar-refractivity contribution in [1.29, 1.82) is 0 Å². The highest BCUT2D eigenvalue weighted by Gasteiger charge is 2.55. The molecule has 4 aliphatic carbocycles. The number of hydrogen-bond acceptors (Lipinski definition) is 5. The highest BCUT2D eigenvalue weighted by molar-refractivity contribution is 5.91. The minimum absolute atomic E-state index is 0.112. The molecule has 0 aromatic carbocycles. The molecule has 2 N–H and O–H groups in total. The molecule has 4 fully saturated rings. The van der Waals surface area contributed by atoms with Crippen molar-refractivity contribution in [2.24, 2.45) is 23.2 Å². The fraction of sp³-hybridized carbons (Fsp3) is 0.800. The van der Waals surface area contributed by atoms with Crippen molar-refractivity contribution in [2.75, 3.05) is 5.73 Å². The van der Waals surface area contributed by atoms with E-state index in [1.165, 1.54) is 19.3 Å². The first kappa shape index (κ1) is 12.4. The molecule has 4 saturated carbocycles. The van der Waals surface area contributed by atoms with E-state index >= 15 is 0 Å². The van der Waals surface area contributed by atoms with E-state index in [4.69, 9.17) is 5.73 Å². The fourth-order valence-corrected chi connectivity index (χ4v) is 5.50. The molecule has 5 rings (SSSR count). The van der Waals surface area contributed by atoms with Crippen LogP contribution in [0.25, 0.3) is 0 Å². The molecule has 0 amide bonds. The van der Waals surface area contributed by atoms with Crippen LogP contribution in [0.4, 0.5) is 5.82 Å². The van der Waals surface area contributed by atoms with Crippen LogP contribution in [0, 0.1) is 23.2 Å². The predicted molar refractivity (Wildman–Crippen MR) is 72.7 cm³/mol. The number of rotatable bonds is 3. The van der Waals surface area contributed by atoms with Crippen molar-refractivity contribution >= 4 is 11.6 Å².